The number of nitrogens with two attached hydrogens (primary N) is 1. The van der Waals surface area contributed by atoms with E-state index in [1.54, 1.807) is 0 Å². The number of hydrogen-bond acceptors (Lipinski definition) is 15. The van der Waals surface area contributed by atoms with E-state index >= 15 is 0 Å². The minimum atomic E-state index is -1.61. The summed E-state index contributed by atoms with van der Waals surface area (Å²) in [4.78, 5) is 38.8. The number of carbonyl (C=O) groups excluding carboxylic acids is 3. The number of carboxylic acid groups (broad SMARTS) is 1. The van der Waals surface area contributed by atoms with E-state index in [0.29, 0.717) is 32.2 Å². The second-order valence-electron chi connectivity index (χ2n) is 16.2. The van der Waals surface area contributed by atoms with Crippen molar-refractivity contribution in [1.29, 1.82) is 0 Å². The molecule has 0 aromatic heterocycles. The van der Waals surface area contributed by atoms with Gasteiger partial charge in [0.05, 0.1) is 37.0 Å². The number of aliphatic carboxylic acids is 1. The molecule has 0 spiro atoms. The summed E-state index contributed by atoms with van der Waals surface area (Å²) in [6.07, 6.45) is -4.99. The monoisotopic (exact) mass is 810 g/mol. The number of carbonyl (C=O) groups is 3. The smallest absolute Gasteiger partial charge is 0.547 e. The predicted molar refractivity (Wildman–Crippen MR) is 195 cm³/mol. The number of carboxylic acids is 1. The molecule has 318 valence electrons. The number of unbranched alkanes of at least 4 members (excludes halogenated alkanes) is 4. The standard InChI is InChI=1S/C39H68N2O14.Na/c1-4-24-18-25(26(44)15-11-6-5-7-12-16-40)19-27(35(24)55-39-34(48)33(47)31(45)21(2)51-39)53-38-30(41-22(3)43)36(32(46)29(20-42)54-38)52-28(37(49)50)17-23-13-9-8-10-14-23;/h21,23-25,27-36,38-39,42,45-48H,4-20,40H2,1-3H3,(H,41,43)(H,49,50);/q;+1/p-1/t21?,24?,25?,27-,28+,29+,30?,31-,32+,33+,34?,35-,36?,38-,39+;/m1./s1. The van der Waals surface area contributed by atoms with Gasteiger partial charge in [-0.1, -0.05) is 64.7 Å². The number of aliphatic hydroxyl groups excluding tert-OH is 5. The number of ketones is 1. The van der Waals surface area contributed by atoms with Crippen molar-refractivity contribution in [3.63, 3.8) is 0 Å². The van der Waals surface area contributed by atoms with Crippen LogP contribution in [0.25, 0.3) is 0 Å². The molecule has 0 bridgehead atoms. The van der Waals surface area contributed by atoms with Crippen LogP contribution >= 0.6 is 0 Å². The average Bonchev–Trinajstić information content (AvgIpc) is 3.16. The largest absolute Gasteiger partial charge is 1.00 e. The van der Waals surface area contributed by atoms with Gasteiger partial charge in [-0.25, -0.2) is 0 Å². The van der Waals surface area contributed by atoms with Gasteiger partial charge in [-0.3, -0.25) is 9.59 Å². The number of rotatable bonds is 20. The summed E-state index contributed by atoms with van der Waals surface area (Å²) >= 11 is 0. The number of amides is 1. The molecule has 8 N–H and O–H groups in total. The van der Waals surface area contributed by atoms with Gasteiger partial charge in [0, 0.05) is 19.3 Å². The summed E-state index contributed by atoms with van der Waals surface area (Å²) in [6, 6.07) is -1.28. The molecule has 15 atom stereocenters. The van der Waals surface area contributed by atoms with E-state index in [4.69, 9.17) is 29.4 Å². The molecule has 0 aromatic rings. The molecule has 2 saturated heterocycles. The van der Waals surface area contributed by atoms with Crippen LogP contribution in [0.1, 0.15) is 117 Å². The molecule has 0 radical (unpaired) electrons. The van der Waals surface area contributed by atoms with Crippen LogP contribution in [-0.2, 0) is 38.1 Å². The Hall–Kier alpha value is -0.830. The number of nitrogens with one attached hydrogen (secondary N) is 1. The van der Waals surface area contributed by atoms with E-state index in [1.807, 2.05) is 6.92 Å². The van der Waals surface area contributed by atoms with E-state index in [0.717, 1.165) is 57.8 Å². The quantitative estimate of drug-likeness (QED) is 0.0476. The van der Waals surface area contributed by atoms with Crippen LogP contribution < -0.4 is 45.7 Å². The van der Waals surface area contributed by atoms with Crippen LogP contribution in [0.15, 0.2) is 0 Å². The van der Waals surface area contributed by atoms with E-state index in [1.165, 1.54) is 13.8 Å². The van der Waals surface area contributed by atoms with Crippen molar-refractivity contribution < 1.29 is 98.3 Å². The van der Waals surface area contributed by atoms with Crippen molar-refractivity contribution in [3.8, 4) is 0 Å². The van der Waals surface area contributed by atoms with E-state index < -0.39 is 104 Å². The Bertz CT molecular complexity index is 1200. The molecule has 4 fully saturated rings. The minimum absolute atomic E-state index is 0. The van der Waals surface area contributed by atoms with Crippen LogP contribution in [0.4, 0.5) is 0 Å². The van der Waals surface area contributed by atoms with Gasteiger partial charge >= 0.3 is 29.6 Å². The maximum atomic E-state index is 13.7. The fraction of sp³-hybridized carbons (Fsp3) is 0.923. The normalized spacial score (nSPS) is 37.3. The van der Waals surface area contributed by atoms with E-state index in [-0.39, 0.29) is 60.0 Å². The van der Waals surface area contributed by atoms with Crippen LogP contribution in [0.3, 0.4) is 0 Å². The number of Topliss-reactive ketones (excluding diaryl/α,β-unsaturated/α-hetero) is 1. The topological polar surface area (TPSA) is 260 Å². The molecule has 2 aliphatic carbocycles. The van der Waals surface area contributed by atoms with Crippen molar-refractivity contribution in [2.24, 2.45) is 23.5 Å². The summed E-state index contributed by atoms with van der Waals surface area (Å²) in [5, 5.41) is 68.6. The summed E-state index contributed by atoms with van der Waals surface area (Å²) in [7, 11) is 0. The third-order valence-corrected chi connectivity index (χ3v) is 12.0. The summed E-state index contributed by atoms with van der Waals surface area (Å²) in [6.45, 7) is 4.63. The first-order valence-electron chi connectivity index (χ1n) is 20.6. The first kappa shape index (κ1) is 49.5. The molecule has 56 heavy (non-hydrogen) atoms. The van der Waals surface area contributed by atoms with Gasteiger partial charge in [0.1, 0.15) is 48.4 Å². The predicted octanol–water partition coefficient (Wildman–Crippen LogP) is -3.05. The Morgan fingerprint density at radius 2 is 1.55 bits per heavy atom. The van der Waals surface area contributed by atoms with Gasteiger partial charge in [0.25, 0.3) is 0 Å². The van der Waals surface area contributed by atoms with Crippen molar-refractivity contribution in [2.75, 3.05) is 13.2 Å². The van der Waals surface area contributed by atoms with Crippen LogP contribution in [-0.4, -0.2) is 136 Å². The Morgan fingerprint density at radius 1 is 0.875 bits per heavy atom. The van der Waals surface area contributed by atoms with Crippen molar-refractivity contribution in [2.45, 2.75) is 197 Å². The molecule has 6 unspecified atom stereocenters. The maximum absolute atomic E-state index is 13.7. The minimum Gasteiger partial charge on any atom is -0.547 e. The maximum Gasteiger partial charge on any atom is 1.00 e. The molecule has 2 saturated carbocycles. The summed E-state index contributed by atoms with van der Waals surface area (Å²) in [5.41, 5.74) is 5.61. The molecule has 4 rings (SSSR count). The van der Waals surface area contributed by atoms with Gasteiger partial charge in [0.2, 0.25) is 5.91 Å². The van der Waals surface area contributed by atoms with Crippen LogP contribution in [0.2, 0.25) is 0 Å². The zero-order valence-electron chi connectivity index (χ0n) is 33.7. The van der Waals surface area contributed by atoms with Gasteiger partial charge in [-0.15, -0.1) is 0 Å². The van der Waals surface area contributed by atoms with Crippen LogP contribution in [0, 0.1) is 17.8 Å². The molecule has 17 heteroatoms. The molecule has 4 aliphatic rings. The number of ether oxygens (including phenoxy) is 5. The third kappa shape index (κ3) is 13.6. The van der Waals surface area contributed by atoms with E-state index in [9.17, 15) is 45.0 Å². The van der Waals surface area contributed by atoms with Gasteiger partial charge in [-0.2, -0.15) is 0 Å². The molecule has 2 aliphatic heterocycles. The molecule has 0 aromatic carbocycles. The zero-order valence-corrected chi connectivity index (χ0v) is 35.7. The van der Waals surface area contributed by atoms with E-state index in [2.05, 4.69) is 5.32 Å². The van der Waals surface area contributed by atoms with Crippen molar-refractivity contribution in [1.82, 2.24) is 5.32 Å². The second-order valence-corrected chi connectivity index (χ2v) is 16.2. The SMILES string of the molecule is CCC1CC(C(=O)CCCCCCCN)C[C@@H](O[C@@H]2O[C@@H](CO)[C@H](O)C(O[C@@H](CC3CCCCC3)C(=O)[O-])C2NC(C)=O)[C@@H]1O[C@@H]1OC(C)[C@@H](O)[C@H](O)C1O.[Na+]. The van der Waals surface area contributed by atoms with Crippen LogP contribution in [0.5, 0.6) is 0 Å². The molecular formula is C39H67N2NaO14. The Morgan fingerprint density at radius 3 is 2.18 bits per heavy atom. The Labute approximate surface area is 353 Å². The van der Waals surface area contributed by atoms with Crippen molar-refractivity contribution >= 4 is 17.7 Å². The Kier molecular flexibility index (Phi) is 21.6. The fourth-order valence-electron chi connectivity index (χ4n) is 8.80. The molecule has 16 nitrogen and oxygen atoms in total. The molecule has 2 heterocycles. The molecule has 1 amide bonds. The number of aliphatic hydroxyl groups is 5. The fourth-order valence-corrected chi connectivity index (χ4v) is 8.80. The first-order chi connectivity index (χ1) is 26.3. The summed E-state index contributed by atoms with van der Waals surface area (Å²) < 4.78 is 31.1. The summed E-state index contributed by atoms with van der Waals surface area (Å²) in [5.74, 6) is -2.67. The molecular weight excluding hydrogens is 743 g/mol. The zero-order chi connectivity index (χ0) is 40.2. The second kappa shape index (κ2) is 24.4. The third-order valence-electron chi connectivity index (χ3n) is 12.0. The van der Waals surface area contributed by atoms with Gasteiger partial charge < -0.3 is 70.2 Å². The van der Waals surface area contributed by atoms with Gasteiger partial charge in [-0.05, 0) is 57.4 Å². The number of hydrogen-bond donors (Lipinski definition) is 7. The first-order valence-corrected chi connectivity index (χ1v) is 20.6. The Balaban J connectivity index is 0.00000841. The van der Waals surface area contributed by atoms with Gasteiger partial charge in [0.15, 0.2) is 12.6 Å². The van der Waals surface area contributed by atoms with Crippen molar-refractivity contribution in [3.05, 3.63) is 0 Å². The average molecular weight is 811 g/mol.